The summed E-state index contributed by atoms with van der Waals surface area (Å²) >= 11 is 0. The summed E-state index contributed by atoms with van der Waals surface area (Å²) in [6, 6.07) is 26.1. The minimum atomic E-state index is 0. The molecule has 5 N–H and O–H groups in total. The number of nitrogens with one attached hydrogen (secondary N) is 2. The van der Waals surface area contributed by atoms with Crippen molar-refractivity contribution in [1.82, 2.24) is 10.6 Å². The SMILES string of the molecule is C1C[N-]CCCNCCCNC1.Cl.Cl.Cl.Oc1ccccc1.Oc1ccccc1.Oc1ccccc1.[CH3-].[CH3-].[Ti+3]. The number of rotatable bonds is 0. The van der Waals surface area contributed by atoms with Crippen LogP contribution in [0.4, 0.5) is 0 Å². The Morgan fingerprint density at radius 3 is 0.949 bits per heavy atom. The van der Waals surface area contributed by atoms with Crippen molar-refractivity contribution in [2.24, 2.45) is 0 Å². The van der Waals surface area contributed by atoms with Crippen molar-refractivity contribution >= 4 is 37.2 Å². The Balaban J connectivity index is -0.0000000908. The maximum atomic E-state index is 8.63. The first-order valence-corrected chi connectivity index (χ1v) is 11.4. The molecule has 0 aliphatic carbocycles. The van der Waals surface area contributed by atoms with Gasteiger partial charge in [0.25, 0.3) is 0 Å². The third-order valence-electron chi connectivity index (χ3n) is 4.32. The van der Waals surface area contributed by atoms with E-state index in [1.54, 1.807) is 72.8 Å². The zero-order chi connectivity index (χ0) is 23.8. The number of phenolic OH excluding ortho intramolecular Hbond substituents is 3. The molecule has 4 rings (SSSR count). The maximum absolute atomic E-state index is 8.63. The smallest absolute Gasteiger partial charge is 0.662 e. The molecule has 6 nitrogen and oxygen atoms in total. The van der Waals surface area contributed by atoms with Gasteiger partial charge in [-0.2, -0.15) is 0 Å². The Labute approximate surface area is 270 Å². The van der Waals surface area contributed by atoms with Gasteiger partial charge in [0.15, 0.2) is 0 Å². The fourth-order valence-electron chi connectivity index (χ4n) is 2.62. The number of benzene rings is 3. The second-order valence-corrected chi connectivity index (χ2v) is 7.24. The Morgan fingerprint density at radius 2 is 0.718 bits per heavy atom. The summed E-state index contributed by atoms with van der Waals surface area (Å²) in [5.74, 6) is 0.965. The largest absolute Gasteiger partial charge is 3.00 e. The van der Waals surface area contributed by atoms with E-state index in [9.17, 15) is 0 Å². The first kappa shape index (κ1) is 50.4. The number of halogens is 3. The predicted molar refractivity (Wildman–Crippen MR) is 172 cm³/mol. The van der Waals surface area contributed by atoms with Crippen molar-refractivity contribution in [2.75, 3.05) is 39.3 Å². The van der Waals surface area contributed by atoms with E-state index in [0.717, 1.165) is 39.3 Å². The predicted octanol–water partition coefficient (Wildman–Crippen LogP) is 7.06. The fraction of sp³-hybridized carbons (Fsp3) is 0.310. The van der Waals surface area contributed by atoms with E-state index >= 15 is 0 Å². The van der Waals surface area contributed by atoms with Gasteiger partial charge in [0, 0.05) is 0 Å². The molecule has 10 heteroatoms. The molecular formula is C29H47Cl3N3O3Ti. The molecule has 221 valence electrons. The molecule has 1 aliphatic rings. The third kappa shape index (κ3) is 36.5. The Morgan fingerprint density at radius 1 is 0.462 bits per heavy atom. The van der Waals surface area contributed by atoms with E-state index in [1.807, 2.05) is 18.2 Å². The molecule has 0 bridgehead atoms. The Kier molecular flexibility index (Phi) is 49.9. The molecule has 39 heavy (non-hydrogen) atoms. The number of hydrogen-bond donors (Lipinski definition) is 5. The van der Waals surface area contributed by atoms with E-state index in [-0.39, 0.29) is 73.8 Å². The second-order valence-electron chi connectivity index (χ2n) is 7.24. The maximum Gasteiger partial charge on any atom is 3.00 e. The standard InChI is InChI=1S/C9H20N3.3C6H6O.2CH3.3ClH.Ti/c1-4-10-6-2-8-12-9-3-7-11-5-1;3*7-6-4-2-1-3-5-6;;;;;;/h10-11H,1-9H2;3*1-5,7H;2*1H3;3*1H;/q-1;;;;2*-1;;;;+3. The van der Waals surface area contributed by atoms with Crippen molar-refractivity contribution in [3.63, 3.8) is 0 Å². The molecule has 1 radical (unpaired) electrons. The van der Waals surface area contributed by atoms with Gasteiger partial charge >= 0.3 is 21.7 Å². The molecule has 0 unspecified atom stereocenters. The molecular weight excluding hydrogens is 593 g/mol. The van der Waals surface area contributed by atoms with Crippen LogP contribution in [0.25, 0.3) is 5.32 Å². The number of phenols is 3. The molecule has 3 aromatic carbocycles. The van der Waals surface area contributed by atoms with Crippen LogP contribution < -0.4 is 10.6 Å². The molecule has 1 heterocycles. The molecule has 0 aromatic heterocycles. The molecule has 3 aromatic rings. The van der Waals surface area contributed by atoms with Gasteiger partial charge in [-0.1, -0.05) is 67.4 Å². The number of hydrogen-bond acceptors (Lipinski definition) is 5. The van der Waals surface area contributed by atoms with Crippen LogP contribution in [0.1, 0.15) is 19.3 Å². The van der Waals surface area contributed by atoms with Gasteiger partial charge in [-0.15, -0.1) is 50.3 Å². The van der Waals surface area contributed by atoms with Crippen LogP contribution in [-0.2, 0) is 21.7 Å². The van der Waals surface area contributed by atoms with Gasteiger partial charge < -0.3 is 46.1 Å². The summed E-state index contributed by atoms with van der Waals surface area (Å²) in [7, 11) is 0. The van der Waals surface area contributed by atoms with Crippen molar-refractivity contribution in [2.45, 2.75) is 19.3 Å². The first-order valence-electron chi connectivity index (χ1n) is 11.4. The van der Waals surface area contributed by atoms with Gasteiger partial charge in [0.05, 0.1) is 0 Å². The number of aromatic hydroxyl groups is 3. The van der Waals surface area contributed by atoms with Gasteiger partial charge in [-0.05, 0) is 69.0 Å². The molecule has 1 aliphatic heterocycles. The van der Waals surface area contributed by atoms with Crippen LogP contribution in [0.5, 0.6) is 17.2 Å². The van der Waals surface area contributed by atoms with Crippen LogP contribution in [0.15, 0.2) is 91.0 Å². The van der Waals surface area contributed by atoms with E-state index in [4.69, 9.17) is 15.3 Å². The van der Waals surface area contributed by atoms with Crippen LogP contribution in [0.3, 0.4) is 0 Å². The molecule has 0 amide bonds. The quantitative estimate of drug-likeness (QED) is 0.134. The monoisotopic (exact) mass is 638 g/mol. The average molecular weight is 640 g/mol. The normalized spacial score (nSPS) is 12.0. The summed E-state index contributed by atoms with van der Waals surface area (Å²) in [5.41, 5.74) is 0. The van der Waals surface area contributed by atoms with Crippen LogP contribution >= 0.6 is 37.2 Å². The number of para-hydroxylation sites is 3. The fourth-order valence-corrected chi connectivity index (χ4v) is 2.62. The zero-order valence-corrected chi connectivity index (χ0v) is 27.0. The number of nitrogens with zero attached hydrogens (tertiary/aromatic N) is 1. The minimum Gasteiger partial charge on any atom is -0.662 e. The first-order chi connectivity index (χ1) is 16.2. The average Bonchev–Trinajstić information content (AvgIpc) is 2.82. The van der Waals surface area contributed by atoms with Crippen molar-refractivity contribution in [3.05, 3.63) is 111 Å². The van der Waals surface area contributed by atoms with E-state index < -0.39 is 0 Å². The van der Waals surface area contributed by atoms with E-state index in [1.165, 1.54) is 19.3 Å². The van der Waals surface area contributed by atoms with Crippen molar-refractivity contribution in [3.8, 4) is 17.2 Å². The zero-order valence-electron chi connectivity index (χ0n) is 23.0. The van der Waals surface area contributed by atoms with Gasteiger partial charge in [-0.25, -0.2) is 0 Å². The second kappa shape index (κ2) is 38.7. The van der Waals surface area contributed by atoms with Gasteiger partial charge in [0.1, 0.15) is 17.2 Å². The summed E-state index contributed by atoms with van der Waals surface area (Å²) in [6.45, 7) is 6.62. The van der Waals surface area contributed by atoms with E-state index in [2.05, 4.69) is 16.0 Å². The topological polar surface area (TPSA) is 98.9 Å². The van der Waals surface area contributed by atoms with E-state index in [0.29, 0.717) is 17.2 Å². The van der Waals surface area contributed by atoms with Crippen LogP contribution in [0, 0.1) is 14.9 Å². The van der Waals surface area contributed by atoms with Gasteiger partial charge in [-0.3, -0.25) is 0 Å². The summed E-state index contributed by atoms with van der Waals surface area (Å²) < 4.78 is 0. The molecule has 0 spiro atoms. The minimum absolute atomic E-state index is 0. The Hall–Kier alpha value is -1.48. The Bertz CT molecular complexity index is 665. The van der Waals surface area contributed by atoms with Crippen molar-refractivity contribution < 1.29 is 37.0 Å². The van der Waals surface area contributed by atoms with Crippen LogP contribution in [-0.4, -0.2) is 54.6 Å². The summed E-state index contributed by atoms with van der Waals surface area (Å²) in [6.07, 6.45) is 3.65. The van der Waals surface area contributed by atoms with Crippen molar-refractivity contribution in [1.29, 1.82) is 0 Å². The summed E-state index contributed by atoms with van der Waals surface area (Å²) in [4.78, 5) is 0. The third-order valence-corrected chi connectivity index (χ3v) is 4.32. The summed E-state index contributed by atoms with van der Waals surface area (Å²) in [5, 5.41) is 37.1. The molecule has 1 fully saturated rings. The van der Waals surface area contributed by atoms with Crippen LogP contribution in [0.2, 0.25) is 0 Å². The molecule has 0 atom stereocenters. The molecule has 0 saturated carbocycles. The molecule has 1 saturated heterocycles. The van der Waals surface area contributed by atoms with Gasteiger partial charge in [0.2, 0.25) is 0 Å².